The maximum absolute atomic E-state index is 2.35. The van der Waals surface area contributed by atoms with Gasteiger partial charge in [-0.2, -0.15) is 0 Å². The van der Waals surface area contributed by atoms with Crippen LogP contribution in [0.1, 0.15) is 0 Å². The fourth-order valence-corrected chi connectivity index (χ4v) is 5.66. The number of rotatable bonds is 3. The third kappa shape index (κ3) is 3.14. The van der Waals surface area contributed by atoms with Crippen molar-refractivity contribution in [1.82, 2.24) is 0 Å². The quantitative estimate of drug-likeness (QED) is 0.313. The number of hydrogen-bond acceptors (Lipinski definition) is 3. The van der Waals surface area contributed by atoms with Crippen LogP contribution < -0.4 is 4.90 Å². The summed E-state index contributed by atoms with van der Waals surface area (Å²) in [6, 6.07) is 36.4. The second kappa shape index (κ2) is 7.18. The molecule has 0 saturated carbocycles. The lowest BCUT2D eigenvalue weighted by Crippen LogP contribution is -2.11. The summed E-state index contributed by atoms with van der Waals surface area (Å²) >= 11 is 3.72. The maximum Gasteiger partial charge on any atom is 0.0612 e. The first kappa shape index (κ1) is 16.5. The third-order valence-corrected chi connectivity index (χ3v) is 7.11. The highest BCUT2D eigenvalue weighted by atomic mass is 32.2. The Hall–Kier alpha value is -2.62. The van der Waals surface area contributed by atoms with E-state index in [2.05, 4.69) is 108 Å². The van der Waals surface area contributed by atoms with E-state index in [1.165, 1.54) is 36.6 Å². The third-order valence-electron chi connectivity index (χ3n) is 4.51. The van der Waals surface area contributed by atoms with Crippen molar-refractivity contribution in [2.45, 2.75) is 19.6 Å². The van der Waals surface area contributed by atoms with Crippen molar-refractivity contribution in [3.8, 4) is 0 Å². The molecule has 1 heterocycles. The predicted octanol–water partition coefficient (Wildman–Crippen LogP) is 7.77. The van der Waals surface area contributed by atoms with Crippen molar-refractivity contribution in [3.05, 3.63) is 103 Å². The van der Waals surface area contributed by atoms with Gasteiger partial charge in [-0.3, -0.25) is 0 Å². The van der Waals surface area contributed by atoms with Gasteiger partial charge in [0, 0.05) is 26.1 Å². The predicted molar refractivity (Wildman–Crippen MR) is 116 cm³/mol. The van der Waals surface area contributed by atoms with E-state index in [-0.39, 0.29) is 0 Å². The van der Waals surface area contributed by atoms with Gasteiger partial charge in [0.2, 0.25) is 0 Å². The number of nitrogens with zero attached hydrogens (tertiary/aromatic N) is 1. The van der Waals surface area contributed by atoms with Crippen molar-refractivity contribution in [2.75, 3.05) is 4.90 Å². The Morgan fingerprint density at radius 3 is 1.59 bits per heavy atom. The second-order valence-corrected chi connectivity index (χ2v) is 8.40. The van der Waals surface area contributed by atoms with Gasteiger partial charge in [-0.05, 0) is 48.5 Å². The molecule has 1 aliphatic heterocycles. The van der Waals surface area contributed by atoms with Crippen molar-refractivity contribution in [2.24, 2.45) is 0 Å². The lowest BCUT2D eigenvalue weighted by molar-refractivity contribution is 1.12. The first-order chi connectivity index (χ1) is 13.4. The van der Waals surface area contributed by atoms with E-state index in [9.17, 15) is 0 Å². The molecule has 1 aliphatic rings. The minimum absolute atomic E-state index is 1.17. The van der Waals surface area contributed by atoms with Crippen LogP contribution in [0.4, 0.5) is 17.1 Å². The van der Waals surface area contributed by atoms with Crippen LogP contribution in [0.15, 0.2) is 123 Å². The van der Waals surface area contributed by atoms with Crippen LogP contribution in [-0.4, -0.2) is 0 Å². The topological polar surface area (TPSA) is 3.24 Å². The minimum atomic E-state index is 1.17. The van der Waals surface area contributed by atoms with E-state index in [0.29, 0.717) is 0 Å². The van der Waals surface area contributed by atoms with Crippen molar-refractivity contribution < 1.29 is 0 Å². The van der Waals surface area contributed by atoms with E-state index in [1.807, 2.05) is 23.5 Å². The molecule has 3 heteroatoms. The normalized spacial score (nSPS) is 12.1. The number of benzene rings is 4. The Morgan fingerprint density at radius 1 is 0.444 bits per heavy atom. The van der Waals surface area contributed by atoms with Crippen LogP contribution in [-0.2, 0) is 0 Å². The second-order valence-electron chi connectivity index (χ2n) is 6.26. The molecule has 4 aromatic carbocycles. The van der Waals surface area contributed by atoms with E-state index in [0.717, 1.165) is 0 Å². The van der Waals surface area contributed by atoms with E-state index in [4.69, 9.17) is 0 Å². The van der Waals surface area contributed by atoms with Gasteiger partial charge in [0.05, 0.1) is 10.6 Å². The maximum atomic E-state index is 2.35. The molecule has 0 spiro atoms. The zero-order valence-electron chi connectivity index (χ0n) is 14.6. The van der Waals surface area contributed by atoms with Gasteiger partial charge in [0.15, 0.2) is 0 Å². The SMILES string of the molecule is c1ccc(N(c2ccccc2)c2cccc3c2Sc2ccccc2S3)cc1. The summed E-state index contributed by atoms with van der Waals surface area (Å²) in [5.41, 5.74) is 3.56. The van der Waals surface area contributed by atoms with Crippen LogP contribution in [0, 0.1) is 0 Å². The van der Waals surface area contributed by atoms with Gasteiger partial charge in [-0.15, -0.1) is 0 Å². The van der Waals surface area contributed by atoms with Crippen molar-refractivity contribution in [3.63, 3.8) is 0 Å². The molecule has 27 heavy (non-hydrogen) atoms. The molecule has 0 bridgehead atoms. The van der Waals surface area contributed by atoms with Gasteiger partial charge in [0.1, 0.15) is 0 Å². The molecule has 0 aliphatic carbocycles. The van der Waals surface area contributed by atoms with Crippen LogP contribution in [0.2, 0.25) is 0 Å². The fourth-order valence-electron chi connectivity index (χ4n) is 3.29. The molecule has 5 rings (SSSR count). The molecule has 1 nitrogen and oxygen atoms in total. The van der Waals surface area contributed by atoms with Gasteiger partial charge < -0.3 is 4.90 Å². The monoisotopic (exact) mass is 383 g/mol. The summed E-state index contributed by atoms with van der Waals surface area (Å²) in [6.07, 6.45) is 0. The molecule has 4 aromatic rings. The highest BCUT2D eigenvalue weighted by Gasteiger charge is 2.23. The highest BCUT2D eigenvalue weighted by Crippen LogP contribution is 2.53. The summed E-state index contributed by atoms with van der Waals surface area (Å²) in [5, 5.41) is 0. The zero-order chi connectivity index (χ0) is 18.1. The van der Waals surface area contributed by atoms with Crippen molar-refractivity contribution in [1.29, 1.82) is 0 Å². The zero-order valence-corrected chi connectivity index (χ0v) is 16.2. The molecule has 0 atom stereocenters. The molecule has 130 valence electrons. The molecule has 0 unspecified atom stereocenters. The highest BCUT2D eigenvalue weighted by molar-refractivity contribution is 8.05. The van der Waals surface area contributed by atoms with Gasteiger partial charge in [-0.1, -0.05) is 78.1 Å². The van der Waals surface area contributed by atoms with E-state index in [1.54, 1.807) is 0 Å². The molecular weight excluding hydrogens is 366 g/mol. The van der Waals surface area contributed by atoms with Crippen LogP contribution in [0.25, 0.3) is 0 Å². The van der Waals surface area contributed by atoms with Gasteiger partial charge in [0.25, 0.3) is 0 Å². The Morgan fingerprint density at radius 2 is 0.963 bits per heavy atom. The van der Waals surface area contributed by atoms with Gasteiger partial charge in [-0.25, -0.2) is 0 Å². The minimum Gasteiger partial charge on any atom is -0.309 e. The van der Waals surface area contributed by atoms with Gasteiger partial charge >= 0.3 is 0 Å². The number of fused-ring (bicyclic) bond motifs is 2. The number of hydrogen-bond donors (Lipinski definition) is 0. The van der Waals surface area contributed by atoms with Crippen LogP contribution in [0.3, 0.4) is 0 Å². The largest absolute Gasteiger partial charge is 0.309 e. The first-order valence-corrected chi connectivity index (χ1v) is 10.5. The smallest absolute Gasteiger partial charge is 0.0612 e. The molecule has 0 aromatic heterocycles. The molecule has 0 saturated heterocycles. The molecule has 0 fully saturated rings. The molecule has 0 N–H and O–H groups in total. The lowest BCUT2D eigenvalue weighted by atomic mass is 10.2. The number of para-hydroxylation sites is 2. The Bertz CT molecular complexity index is 1040. The average Bonchev–Trinajstić information content (AvgIpc) is 2.74. The summed E-state index contributed by atoms with van der Waals surface area (Å²) in [4.78, 5) is 7.63. The van der Waals surface area contributed by atoms with E-state index >= 15 is 0 Å². The average molecular weight is 384 g/mol. The molecule has 0 radical (unpaired) electrons. The Labute approximate surface area is 168 Å². The number of anilines is 3. The lowest BCUT2D eigenvalue weighted by Gasteiger charge is -2.30. The fraction of sp³-hybridized carbons (Fsp3) is 0. The summed E-state index contributed by atoms with van der Waals surface area (Å²) in [6.45, 7) is 0. The molecule has 0 amide bonds. The Kier molecular flexibility index (Phi) is 4.40. The van der Waals surface area contributed by atoms with Crippen LogP contribution >= 0.6 is 23.5 Å². The van der Waals surface area contributed by atoms with E-state index < -0.39 is 0 Å². The summed E-state index contributed by atoms with van der Waals surface area (Å²) in [5.74, 6) is 0. The molecular formula is C24H17NS2. The Balaban J connectivity index is 1.69. The summed E-state index contributed by atoms with van der Waals surface area (Å²) in [7, 11) is 0. The summed E-state index contributed by atoms with van der Waals surface area (Å²) < 4.78 is 0. The first-order valence-electron chi connectivity index (χ1n) is 8.88. The standard InChI is InChI=1S/C24H17NS2/c1-3-10-18(11-4-1)25(19-12-5-2-6-13-19)20-14-9-17-23-24(20)27-22-16-8-7-15-21(22)26-23/h1-17H. The van der Waals surface area contributed by atoms with Crippen LogP contribution in [0.5, 0.6) is 0 Å². The van der Waals surface area contributed by atoms with Crippen molar-refractivity contribution >= 4 is 40.6 Å².